The molecule has 0 unspecified atom stereocenters. The number of hydrogen-bond donors (Lipinski definition) is 1. The van der Waals surface area contributed by atoms with E-state index in [2.05, 4.69) is 20.8 Å². The van der Waals surface area contributed by atoms with Crippen LogP contribution in [0.25, 0.3) is 5.69 Å². The highest BCUT2D eigenvalue weighted by molar-refractivity contribution is 6.31. The molecule has 0 spiro atoms. The minimum Gasteiger partial charge on any atom is -0.326 e. The average Bonchev–Trinajstić information content (AvgIpc) is 3.04. The van der Waals surface area contributed by atoms with Crippen molar-refractivity contribution >= 4 is 23.2 Å². The summed E-state index contributed by atoms with van der Waals surface area (Å²) in [5.74, 6) is -0.118. The Hall–Kier alpha value is -2.73. The van der Waals surface area contributed by atoms with E-state index in [0.29, 0.717) is 5.02 Å². The molecule has 116 valence electrons. The lowest BCUT2D eigenvalue weighted by molar-refractivity contribution is -0.115. The van der Waals surface area contributed by atoms with Gasteiger partial charge in [-0.3, -0.25) is 4.79 Å². The molecular weight excluding hydrogens is 314 g/mol. The van der Waals surface area contributed by atoms with Crippen molar-refractivity contribution in [3.05, 3.63) is 64.9 Å². The summed E-state index contributed by atoms with van der Waals surface area (Å²) in [7, 11) is 0. The van der Waals surface area contributed by atoms with Gasteiger partial charge in [0.15, 0.2) is 0 Å². The summed E-state index contributed by atoms with van der Waals surface area (Å²) in [4.78, 5) is 12.2. The molecule has 3 rings (SSSR count). The van der Waals surface area contributed by atoms with E-state index in [4.69, 9.17) is 11.6 Å². The molecule has 0 fully saturated rings. The summed E-state index contributed by atoms with van der Waals surface area (Å²) in [6, 6.07) is 12.9. The zero-order valence-electron chi connectivity index (χ0n) is 12.4. The van der Waals surface area contributed by atoms with Crippen LogP contribution in [-0.2, 0) is 11.2 Å². The van der Waals surface area contributed by atoms with Crippen molar-refractivity contribution in [3.63, 3.8) is 0 Å². The molecule has 0 aliphatic heterocycles. The second-order valence-electron chi connectivity index (χ2n) is 5.07. The van der Waals surface area contributed by atoms with E-state index in [9.17, 15) is 4.79 Å². The first-order chi connectivity index (χ1) is 11.1. The second kappa shape index (κ2) is 6.58. The summed E-state index contributed by atoms with van der Waals surface area (Å²) >= 11 is 6.07. The highest BCUT2D eigenvalue weighted by Crippen LogP contribution is 2.19. The molecule has 0 saturated carbocycles. The molecule has 0 atom stereocenters. The maximum absolute atomic E-state index is 12.2. The van der Waals surface area contributed by atoms with Crippen LogP contribution in [0, 0.1) is 6.92 Å². The largest absolute Gasteiger partial charge is 0.326 e. The Morgan fingerprint density at radius 3 is 2.78 bits per heavy atom. The van der Waals surface area contributed by atoms with Crippen LogP contribution in [0.1, 0.15) is 11.1 Å². The zero-order chi connectivity index (χ0) is 16.2. The standard InChI is InChI=1S/C16H14ClN5O/c1-11-8-13(6-7-15(11)22-10-18-20-21-22)19-16(23)9-12-4-2-3-5-14(12)17/h2-8,10H,9H2,1H3,(H,19,23). The van der Waals surface area contributed by atoms with E-state index in [0.717, 1.165) is 22.5 Å². The monoisotopic (exact) mass is 327 g/mol. The van der Waals surface area contributed by atoms with Gasteiger partial charge in [0.2, 0.25) is 5.91 Å². The van der Waals surface area contributed by atoms with Crippen LogP contribution < -0.4 is 5.32 Å². The number of aromatic nitrogens is 4. The number of nitrogens with zero attached hydrogens (tertiary/aromatic N) is 4. The van der Waals surface area contributed by atoms with E-state index in [1.54, 1.807) is 10.7 Å². The fourth-order valence-corrected chi connectivity index (χ4v) is 2.48. The first kappa shape index (κ1) is 15.2. The Morgan fingerprint density at radius 2 is 2.09 bits per heavy atom. The number of rotatable bonds is 4. The third-order valence-electron chi connectivity index (χ3n) is 3.39. The zero-order valence-corrected chi connectivity index (χ0v) is 13.2. The van der Waals surface area contributed by atoms with Crippen LogP contribution in [0.3, 0.4) is 0 Å². The Bertz CT molecular complexity index is 832. The highest BCUT2D eigenvalue weighted by Gasteiger charge is 2.09. The predicted octanol–water partition coefficient (Wildman–Crippen LogP) is 2.81. The summed E-state index contributed by atoms with van der Waals surface area (Å²) in [5, 5.41) is 14.6. The quantitative estimate of drug-likeness (QED) is 0.799. The van der Waals surface area contributed by atoms with Crippen LogP contribution in [0.2, 0.25) is 5.02 Å². The third kappa shape index (κ3) is 3.54. The van der Waals surface area contributed by atoms with Gasteiger partial charge in [-0.1, -0.05) is 29.8 Å². The number of hydrogen-bond acceptors (Lipinski definition) is 4. The topological polar surface area (TPSA) is 72.7 Å². The molecule has 23 heavy (non-hydrogen) atoms. The minimum atomic E-state index is -0.118. The Morgan fingerprint density at radius 1 is 1.26 bits per heavy atom. The van der Waals surface area contributed by atoms with Crippen molar-refractivity contribution in [2.75, 3.05) is 5.32 Å². The van der Waals surface area contributed by atoms with Crippen molar-refractivity contribution in [2.24, 2.45) is 0 Å². The first-order valence-corrected chi connectivity index (χ1v) is 7.38. The molecule has 0 aliphatic carbocycles. The van der Waals surface area contributed by atoms with Crippen LogP contribution in [-0.4, -0.2) is 26.1 Å². The van der Waals surface area contributed by atoms with Crippen molar-refractivity contribution in [3.8, 4) is 5.69 Å². The fourth-order valence-electron chi connectivity index (χ4n) is 2.28. The van der Waals surface area contributed by atoms with Crippen LogP contribution in [0.15, 0.2) is 48.8 Å². The number of nitrogens with one attached hydrogen (secondary N) is 1. The van der Waals surface area contributed by atoms with Crippen molar-refractivity contribution in [1.82, 2.24) is 20.2 Å². The lowest BCUT2D eigenvalue weighted by atomic mass is 10.1. The molecule has 0 saturated heterocycles. The number of tetrazole rings is 1. The first-order valence-electron chi connectivity index (χ1n) is 7.01. The molecule has 1 N–H and O–H groups in total. The molecule has 1 aromatic heterocycles. The molecule has 0 aliphatic rings. The normalized spacial score (nSPS) is 10.5. The maximum Gasteiger partial charge on any atom is 0.228 e. The van der Waals surface area contributed by atoms with Gasteiger partial charge in [0, 0.05) is 10.7 Å². The molecule has 2 aromatic carbocycles. The number of carbonyl (C=O) groups excluding carboxylic acids is 1. The van der Waals surface area contributed by atoms with Gasteiger partial charge in [0.25, 0.3) is 0 Å². The number of aryl methyl sites for hydroxylation is 1. The van der Waals surface area contributed by atoms with Crippen molar-refractivity contribution in [2.45, 2.75) is 13.3 Å². The molecule has 0 bridgehead atoms. The predicted molar refractivity (Wildman–Crippen MR) is 87.7 cm³/mol. The molecule has 1 heterocycles. The van der Waals surface area contributed by atoms with E-state index in [1.807, 2.05) is 43.3 Å². The average molecular weight is 328 g/mol. The molecular formula is C16H14ClN5O. The summed E-state index contributed by atoms with van der Waals surface area (Å²) in [6.07, 6.45) is 1.76. The van der Waals surface area contributed by atoms with Crippen molar-refractivity contribution < 1.29 is 4.79 Å². The third-order valence-corrected chi connectivity index (χ3v) is 3.75. The fraction of sp³-hybridized carbons (Fsp3) is 0.125. The Kier molecular flexibility index (Phi) is 4.34. The van der Waals surface area contributed by atoms with E-state index in [1.165, 1.54) is 6.33 Å². The van der Waals surface area contributed by atoms with Crippen molar-refractivity contribution in [1.29, 1.82) is 0 Å². The summed E-state index contributed by atoms with van der Waals surface area (Å²) < 4.78 is 1.57. The maximum atomic E-state index is 12.2. The lowest BCUT2D eigenvalue weighted by Gasteiger charge is -2.10. The van der Waals surface area contributed by atoms with Gasteiger partial charge in [-0.15, -0.1) is 5.10 Å². The minimum absolute atomic E-state index is 0.118. The van der Waals surface area contributed by atoms with Gasteiger partial charge in [0.05, 0.1) is 12.1 Å². The molecule has 7 heteroatoms. The van der Waals surface area contributed by atoms with E-state index < -0.39 is 0 Å². The van der Waals surface area contributed by atoms with Crippen LogP contribution in [0.5, 0.6) is 0 Å². The second-order valence-corrected chi connectivity index (χ2v) is 5.48. The van der Waals surface area contributed by atoms with Gasteiger partial charge >= 0.3 is 0 Å². The van der Waals surface area contributed by atoms with Gasteiger partial charge in [-0.05, 0) is 52.7 Å². The van der Waals surface area contributed by atoms with Gasteiger partial charge in [-0.25, -0.2) is 4.68 Å². The number of halogens is 1. The number of anilines is 1. The molecule has 3 aromatic rings. The smallest absolute Gasteiger partial charge is 0.228 e. The lowest BCUT2D eigenvalue weighted by Crippen LogP contribution is -2.15. The van der Waals surface area contributed by atoms with Crippen LogP contribution in [0.4, 0.5) is 5.69 Å². The number of carbonyl (C=O) groups is 1. The summed E-state index contributed by atoms with van der Waals surface area (Å²) in [5.41, 5.74) is 3.33. The number of amides is 1. The molecule has 6 nitrogen and oxygen atoms in total. The SMILES string of the molecule is Cc1cc(NC(=O)Cc2ccccc2Cl)ccc1-n1cnnn1. The number of benzene rings is 2. The van der Waals surface area contributed by atoms with E-state index >= 15 is 0 Å². The van der Waals surface area contributed by atoms with E-state index in [-0.39, 0.29) is 12.3 Å². The molecule has 0 radical (unpaired) electrons. The summed E-state index contributed by atoms with van der Waals surface area (Å²) in [6.45, 7) is 1.93. The van der Waals surface area contributed by atoms with Gasteiger partial charge in [0.1, 0.15) is 6.33 Å². The van der Waals surface area contributed by atoms with Gasteiger partial charge in [-0.2, -0.15) is 0 Å². The highest BCUT2D eigenvalue weighted by atomic mass is 35.5. The van der Waals surface area contributed by atoms with Gasteiger partial charge < -0.3 is 5.32 Å². The Balaban J connectivity index is 1.72. The molecule has 1 amide bonds. The van der Waals surface area contributed by atoms with Crippen LogP contribution >= 0.6 is 11.6 Å². The Labute approximate surface area is 138 Å².